The molecule has 0 aliphatic heterocycles. The lowest BCUT2D eigenvalue weighted by atomic mass is 9.75. The highest BCUT2D eigenvalue weighted by molar-refractivity contribution is 5.88. The Morgan fingerprint density at radius 1 is 0.780 bits per heavy atom. The van der Waals surface area contributed by atoms with E-state index in [0.717, 1.165) is 64.2 Å². The fourth-order valence-electron chi connectivity index (χ4n) is 5.56. The number of rotatable bonds is 21. The maximum absolute atomic E-state index is 13.3. The molecule has 4 heteroatoms. The van der Waals surface area contributed by atoms with E-state index in [1.807, 2.05) is 27.7 Å². The summed E-state index contributed by atoms with van der Waals surface area (Å²) < 4.78 is 11.8. The van der Waals surface area contributed by atoms with Gasteiger partial charge in [0.15, 0.2) is 0 Å². The molecule has 0 saturated carbocycles. The molecule has 4 nitrogen and oxygen atoms in total. The van der Waals surface area contributed by atoms with Crippen molar-refractivity contribution in [2.75, 3.05) is 0 Å². The molecule has 3 unspecified atom stereocenters. The first-order chi connectivity index (χ1) is 19.1. The minimum atomic E-state index is -0.587. The first-order valence-corrected chi connectivity index (χ1v) is 16.2. The van der Waals surface area contributed by atoms with Gasteiger partial charge in [-0.2, -0.15) is 0 Å². The van der Waals surface area contributed by atoms with Gasteiger partial charge in [0.1, 0.15) is 11.2 Å². The number of hydrogen-bond donors (Lipinski definition) is 0. The predicted octanol–water partition coefficient (Wildman–Crippen LogP) is 10.9. The van der Waals surface area contributed by atoms with Gasteiger partial charge in [-0.3, -0.25) is 0 Å². The molecule has 0 fully saturated rings. The third-order valence-corrected chi connectivity index (χ3v) is 8.20. The van der Waals surface area contributed by atoms with Gasteiger partial charge in [0.05, 0.1) is 0 Å². The van der Waals surface area contributed by atoms with Crippen molar-refractivity contribution < 1.29 is 19.1 Å². The fourth-order valence-corrected chi connectivity index (χ4v) is 5.56. The first-order valence-electron chi connectivity index (χ1n) is 16.2. The maximum atomic E-state index is 13.3. The van der Waals surface area contributed by atoms with Gasteiger partial charge >= 0.3 is 11.9 Å². The summed E-state index contributed by atoms with van der Waals surface area (Å²) >= 11 is 0. The van der Waals surface area contributed by atoms with Gasteiger partial charge in [-0.25, -0.2) is 9.59 Å². The van der Waals surface area contributed by atoms with Gasteiger partial charge in [0.25, 0.3) is 0 Å². The SMILES string of the molecule is C=C(C)C(=O)OC(C)(C)CCC(CC)C(CC(=C)C(=O)OC(C)(C)CCC(C)CC(=CCC)CC)C(=CCC)CC. The van der Waals surface area contributed by atoms with Crippen LogP contribution >= 0.6 is 0 Å². The molecule has 0 bridgehead atoms. The molecule has 0 radical (unpaired) electrons. The maximum Gasteiger partial charge on any atom is 0.333 e. The summed E-state index contributed by atoms with van der Waals surface area (Å²) in [5.41, 5.74) is 2.70. The van der Waals surface area contributed by atoms with E-state index in [9.17, 15) is 9.59 Å². The van der Waals surface area contributed by atoms with Crippen LogP contribution in [0.4, 0.5) is 0 Å². The quantitative estimate of drug-likeness (QED) is 0.0779. The second-order valence-corrected chi connectivity index (χ2v) is 13.2. The van der Waals surface area contributed by atoms with Crippen LogP contribution in [0.5, 0.6) is 0 Å². The van der Waals surface area contributed by atoms with E-state index in [0.29, 0.717) is 29.4 Å². The molecule has 0 N–H and O–H groups in total. The van der Waals surface area contributed by atoms with E-state index in [1.54, 1.807) is 6.92 Å². The highest BCUT2D eigenvalue weighted by Crippen LogP contribution is 2.37. The highest BCUT2D eigenvalue weighted by Gasteiger charge is 2.31. The van der Waals surface area contributed by atoms with Crippen molar-refractivity contribution in [2.45, 2.75) is 158 Å². The van der Waals surface area contributed by atoms with Crippen molar-refractivity contribution in [1.82, 2.24) is 0 Å². The molecular weight excluding hydrogens is 508 g/mol. The van der Waals surface area contributed by atoms with E-state index in [4.69, 9.17) is 9.47 Å². The number of carbonyl (C=O) groups is 2. The monoisotopic (exact) mass is 572 g/mol. The zero-order chi connectivity index (χ0) is 31.8. The Bertz CT molecular complexity index is 902. The van der Waals surface area contributed by atoms with Crippen molar-refractivity contribution in [3.05, 3.63) is 47.6 Å². The fraction of sp³-hybridized carbons (Fsp3) is 0.730. The van der Waals surface area contributed by atoms with E-state index in [-0.39, 0.29) is 17.9 Å². The van der Waals surface area contributed by atoms with Crippen LogP contribution in [-0.4, -0.2) is 23.1 Å². The molecule has 0 saturated heterocycles. The molecule has 0 aromatic carbocycles. The van der Waals surface area contributed by atoms with Crippen LogP contribution in [0.15, 0.2) is 47.6 Å². The molecule has 41 heavy (non-hydrogen) atoms. The molecule has 0 rings (SSSR count). The van der Waals surface area contributed by atoms with Crippen molar-refractivity contribution in [3.8, 4) is 0 Å². The minimum absolute atomic E-state index is 0.193. The molecule has 3 atom stereocenters. The molecule has 0 aliphatic rings. The zero-order valence-corrected chi connectivity index (χ0v) is 28.7. The lowest BCUT2D eigenvalue weighted by Gasteiger charge is -2.33. The van der Waals surface area contributed by atoms with Crippen LogP contribution < -0.4 is 0 Å². The Balaban J connectivity index is 5.52. The number of hydrogen-bond acceptors (Lipinski definition) is 4. The second-order valence-electron chi connectivity index (χ2n) is 13.2. The zero-order valence-electron chi connectivity index (χ0n) is 28.7. The van der Waals surface area contributed by atoms with E-state index in [2.05, 4.69) is 66.9 Å². The van der Waals surface area contributed by atoms with Gasteiger partial charge in [-0.1, -0.05) is 84.4 Å². The number of allylic oxidation sites excluding steroid dienone is 4. The Morgan fingerprint density at radius 3 is 1.78 bits per heavy atom. The van der Waals surface area contributed by atoms with Crippen molar-refractivity contribution >= 4 is 11.9 Å². The number of esters is 2. The summed E-state index contributed by atoms with van der Waals surface area (Å²) in [7, 11) is 0. The molecule has 0 aliphatic carbocycles. The highest BCUT2D eigenvalue weighted by atomic mass is 16.6. The largest absolute Gasteiger partial charge is 0.456 e. The molecule has 0 spiro atoms. The summed E-state index contributed by atoms with van der Waals surface area (Å²) in [6.45, 7) is 30.8. The van der Waals surface area contributed by atoms with Crippen LogP contribution in [0.3, 0.4) is 0 Å². The van der Waals surface area contributed by atoms with Gasteiger partial charge in [-0.15, -0.1) is 0 Å². The standard InChI is InChI=1S/C37H64O4/c1-14-19-30(16-3)25-28(8)21-23-36(10,11)41-35(39)29(9)26-33(31(17-4)20-15-2)32(18-5)22-24-37(12,13)40-34(38)27(6)7/h19-20,28,32-33H,6,9,14-18,21-26H2,1-5,7-8,10-13H3. The van der Waals surface area contributed by atoms with Crippen LogP contribution in [0, 0.1) is 17.8 Å². The first kappa shape index (κ1) is 38.9. The van der Waals surface area contributed by atoms with E-state index < -0.39 is 11.2 Å². The van der Waals surface area contributed by atoms with Crippen molar-refractivity contribution in [2.24, 2.45) is 17.8 Å². The molecule has 0 aromatic rings. The summed E-state index contributed by atoms with van der Waals surface area (Å²) in [5.74, 6) is 0.437. The summed E-state index contributed by atoms with van der Waals surface area (Å²) in [5, 5.41) is 0. The lowest BCUT2D eigenvalue weighted by molar-refractivity contribution is -0.153. The summed E-state index contributed by atoms with van der Waals surface area (Å²) in [6, 6.07) is 0. The Kier molecular flexibility index (Phi) is 18.2. The molecular formula is C37H64O4. The summed E-state index contributed by atoms with van der Waals surface area (Å²) in [6.07, 6.45) is 14.8. The van der Waals surface area contributed by atoms with Gasteiger partial charge < -0.3 is 9.47 Å². The Morgan fingerprint density at radius 2 is 1.32 bits per heavy atom. The third-order valence-electron chi connectivity index (χ3n) is 8.20. The molecule has 0 heterocycles. The lowest BCUT2D eigenvalue weighted by Crippen LogP contribution is -2.31. The average molecular weight is 573 g/mol. The topological polar surface area (TPSA) is 52.6 Å². The molecule has 0 amide bonds. The van der Waals surface area contributed by atoms with Crippen LogP contribution in [0.1, 0.15) is 147 Å². The van der Waals surface area contributed by atoms with Gasteiger partial charge in [-0.05, 0) is 117 Å². The third kappa shape index (κ3) is 15.6. The van der Waals surface area contributed by atoms with Crippen LogP contribution in [0.25, 0.3) is 0 Å². The van der Waals surface area contributed by atoms with Crippen molar-refractivity contribution in [3.63, 3.8) is 0 Å². The van der Waals surface area contributed by atoms with Gasteiger partial charge in [0.2, 0.25) is 0 Å². The van der Waals surface area contributed by atoms with E-state index >= 15 is 0 Å². The average Bonchev–Trinajstić information content (AvgIpc) is 2.89. The predicted molar refractivity (Wildman–Crippen MR) is 176 cm³/mol. The minimum Gasteiger partial charge on any atom is -0.456 e. The molecule has 236 valence electrons. The molecule has 0 aromatic heterocycles. The van der Waals surface area contributed by atoms with Crippen molar-refractivity contribution in [1.29, 1.82) is 0 Å². The number of carbonyl (C=O) groups excluding carboxylic acids is 2. The van der Waals surface area contributed by atoms with Crippen LogP contribution in [0.2, 0.25) is 0 Å². The Hall–Kier alpha value is -2.10. The normalized spacial score (nSPS) is 15.2. The van der Waals surface area contributed by atoms with Gasteiger partial charge in [0, 0.05) is 11.1 Å². The number of ether oxygens (including phenoxy) is 2. The van der Waals surface area contributed by atoms with E-state index in [1.165, 1.54) is 11.1 Å². The second kappa shape index (κ2) is 19.2. The smallest absolute Gasteiger partial charge is 0.333 e. The summed E-state index contributed by atoms with van der Waals surface area (Å²) in [4.78, 5) is 25.5. The van der Waals surface area contributed by atoms with Crippen LogP contribution in [-0.2, 0) is 19.1 Å². The Labute approximate surface area is 254 Å².